The third-order valence-corrected chi connectivity index (χ3v) is 2.14. The molecule has 1 aliphatic rings. The Labute approximate surface area is 84.9 Å². The summed E-state index contributed by atoms with van der Waals surface area (Å²) in [7, 11) is 0. The van der Waals surface area contributed by atoms with E-state index in [2.05, 4.69) is 0 Å². The predicted molar refractivity (Wildman–Crippen MR) is 46.2 cm³/mol. The first-order valence-corrected chi connectivity index (χ1v) is 4.30. The number of hydrogen-bond acceptors (Lipinski definition) is 2. The van der Waals surface area contributed by atoms with Crippen molar-refractivity contribution in [1.29, 1.82) is 10.5 Å². The van der Waals surface area contributed by atoms with Gasteiger partial charge in [-0.1, -0.05) is 5.57 Å². The summed E-state index contributed by atoms with van der Waals surface area (Å²) in [5.74, 6) is 0. The fraction of sp³-hybridized carbons (Fsp3) is 0.400. The number of rotatable bonds is 1. The summed E-state index contributed by atoms with van der Waals surface area (Å²) in [6, 6.07) is 2.53. The quantitative estimate of drug-likeness (QED) is 0.627. The summed E-state index contributed by atoms with van der Waals surface area (Å²) in [5, 5.41) is 16.8. The lowest BCUT2D eigenvalue weighted by Gasteiger charge is -2.17. The van der Waals surface area contributed by atoms with E-state index >= 15 is 0 Å². The van der Waals surface area contributed by atoms with Crippen LogP contribution in [-0.4, -0.2) is 6.18 Å². The smallest absolute Gasteiger partial charge is 0.192 e. The lowest BCUT2D eigenvalue weighted by atomic mass is 9.90. The van der Waals surface area contributed by atoms with Gasteiger partial charge in [-0.3, -0.25) is 0 Å². The van der Waals surface area contributed by atoms with E-state index in [0.717, 1.165) is 12.5 Å². The van der Waals surface area contributed by atoms with Crippen LogP contribution in [0.3, 0.4) is 0 Å². The van der Waals surface area contributed by atoms with Crippen molar-refractivity contribution < 1.29 is 13.2 Å². The van der Waals surface area contributed by atoms with Crippen molar-refractivity contribution in [2.75, 3.05) is 0 Å². The number of allylic oxidation sites excluding steroid dienone is 4. The van der Waals surface area contributed by atoms with Crippen molar-refractivity contribution in [2.24, 2.45) is 0 Å². The molecule has 0 radical (unpaired) electrons. The Balaban J connectivity index is 3.16. The molecule has 0 aliphatic heterocycles. The Morgan fingerprint density at radius 2 is 1.73 bits per heavy atom. The van der Waals surface area contributed by atoms with Gasteiger partial charge in [0, 0.05) is 0 Å². The zero-order chi connectivity index (χ0) is 11.5. The van der Waals surface area contributed by atoms with Crippen LogP contribution in [0.4, 0.5) is 13.2 Å². The molecule has 0 saturated heterocycles. The summed E-state index contributed by atoms with van der Waals surface area (Å²) in [6.07, 6.45) is -1.62. The van der Waals surface area contributed by atoms with Crippen molar-refractivity contribution in [2.45, 2.75) is 25.4 Å². The molecule has 1 fully saturated rings. The fourth-order valence-electron chi connectivity index (χ4n) is 1.17. The third-order valence-electron chi connectivity index (χ3n) is 2.14. The summed E-state index contributed by atoms with van der Waals surface area (Å²) in [6.45, 7) is 0. The highest BCUT2D eigenvalue weighted by Gasteiger charge is 2.35. The number of nitriles is 2. The van der Waals surface area contributed by atoms with Crippen LogP contribution in [0.5, 0.6) is 0 Å². The van der Waals surface area contributed by atoms with E-state index in [9.17, 15) is 13.2 Å². The van der Waals surface area contributed by atoms with Gasteiger partial charge in [0.1, 0.15) is 17.7 Å². The third kappa shape index (κ3) is 2.60. The molecule has 0 atom stereocenters. The standard InChI is InChI=1S/C10H7F3N2/c11-10(12,13)9(8(5-14)6-15)4-7-2-1-3-7/h4H,1-3H2. The minimum Gasteiger partial charge on any atom is -0.192 e. The molecule has 15 heavy (non-hydrogen) atoms. The second kappa shape index (κ2) is 4.18. The molecule has 1 aliphatic carbocycles. The van der Waals surface area contributed by atoms with Gasteiger partial charge in [-0.05, 0) is 25.3 Å². The molecule has 1 rings (SSSR count). The largest absolute Gasteiger partial charge is 0.418 e. The molecule has 0 heterocycles. The van der Waals surface area contributed by atoms with Gasteiger partial charge in [-0.15, -0.1) is 0 Å². The SMILES string of the molecule is N#CC(C#N)=C(C=C1CCC1)C(F)(F)F. The van der Waals surface area contributed by atoms with E-state index < -0.39 is 17.3 Å². The van der Waals surface area contributed by atoms with E-state index in [4.69, 9.17) is 10.5 Å². The molecule has 2 nitrogen and oxygen atoms in total. The molecule has 0 aromatic rings. The van der Waals surface area contributed by atoms with E-state index in [1.807, 2.05) is 0 Å². The first-order chi connectivity index (χ1) is 6.99. The van der Waals surface area contributed by atoms with Crippen molar-refractivity contribution in [3.8, 4) is 12.1 Å². The predicted octanol–water partition coefficient (Wildman–Crippen LogP) is 3.00. The molecule has 0 aromatic heterocycles. The maximum atomic E-state index is 12.5. The molecule has 0 unspecified atom stereocenters. The van der Waals surface area contributed by atoms with Crippen LogP contribution in [-0.2, 0) is 0 Å². The number of alkyl halides is 3. The topological polar surface area (TPSA) is 47.6 Å². The van der Waals surface area contributed by atoms with Gasteiger partial charge in [0.25, 0.3) is 0 Å². The first-order valence-electron chi connectivity index (χ1n) is 4.30. The Morgan fingerprint density at radius 1 is 1.20 bits per heavy atom. The highest BCUT2D eigenvalue weighted by Crippen LogP contribution is 2.34. The van der Waals surface area contributed by atoms with E-state index in [-0.39, 0.29) is 0 Å². The number of hydrogen-bond donors (Lipinski definition) is 0. The number of nitrogens with zero attached hydrogens (tertiary/aromatic N) is 2. The normalized spacial score (nSPS) is 14.6. The van der Waals surface area contributed by atoms with Crippen LogP contribution in [0.25, 0.3) is 0 Å². The molecule has 0 amide bonds. The highest BCUT2D eigenvalue weighted by atomic mass is 19.4. The van der Waals surface area contributed by atoms with Gasteiger partial charge in [0.05, 0.1) is 5.57 Å². The molecule has 0 aromatic carbocycles. The average molecular weight is 212 g/mol. The number of halogens is 3. The molecule has 5 heteroatoms. The molecular weight excluding hydrogens is 205 g/mol. The first kappa shape index (κ1) is 11.3. The van der Waals surface area contributed by atoms with Crippen molar-refractivity contribution in [3.63, 3.8) is 0 Å². The van der Waals surface area contributed by atoms with Crippen molar-refractivity contribution in [1.82, 2.24) is 0 Å². The van der Waals surface area contributed by atoms with Crippen LogP contribution in [0.15, 0.2) is 22.8 Å². The zero-order valence-electron chi connectivity index (χ0n) is 7.73. The van der Waals surface area contributed by atoms with Gasteiger partial charge in [-0.2, -0.15) is 23.7 Å². The molecule has 0 bridgehead atoms. The second-order valence-electron chi connectivity index (χ2n) is 3.17. The van der Waals surface area contributed by atoms with Crippen molar-refractivity contribution in [3.05, 3.63) is 22.8 Å². The minimum absolute atomic E-state index is 0.615. The van der Waals surface area contributed by atoms with Crippen molar-refractivity contribution >= 4 is 0 Å². The Bertz CT molecular complexity index is 380. The summed E-state index contributed by atoms with van der Waals surface area (Å²) < 4.78 is 37.4. The maximum absolute atomic E-state index is 12.5. The second-order valence-corrected chi connectivity index (χ2v) is 3.17. The Hall–Kier alpha value is -1.75. The van der Waals surface area contributed by atoms with E-state index in [1.54, 1.807) is 0 Å². The van der Waals surface area contributed by atoms with Crippen LogP contribution < -0.4 is 0 Å². The van der Waals surface area contributed by atoms with Crippen LogP contribution in [0, 0.1) is 22.7 Å². The maximum Gasteiger partial charge on any atom is 0.418 e. The van der Waals surface area contributed by atoms with Gasteiger partial charge in [-0.25, -0.2) is 0 Å². The van der Waals surface area contributed by atoms with Crippen LogP contribution in [0.1, 0.15) is 19.3 Å². The monoisotopic (exact) mass is 212 g/mol. The minimum atomic E-state index is -4.64. The van der Waals surface area contributed by atoms with E-state index in [0.29, 0.717) is 18.4 Å². The molecular formula is C10H7F3N2. The van der Waals surface area contributed by atoms with Gasteiger partial charge < -0.3 is 0 Å². The molecule has 78 valence electrons. The van der Waals surface area contributed by atoms with Crippen LogP contribution >= 0.6 is 0 Å². The molecule has 0 spiro atoms. The lowest BCUT2D eigenvalue weighted by molar-refractivity contribution is -0.0886. The summed E-state index contributed by atoms with van der Waals surface area (Å²) in [5.41, 5.74) is -1.35. The average Bonchev–Trinajstić information content (AvgIpc) is 2.07. The Morgan fingerprint density at radius 3 is 2.00 bits per heavy atom. The van der Waals surface area contributed by atoms with Gasteiger partial charge in [0.15, 0.2) is 0 Å². The molecule has 1 saturated carbocycles. The highest BCUT2D eigenvalue weighted by molar-refractivity contribution is 5.48. The summed E-state index contributed by atoms with van der Waals surface area (Å²) >= 11 is 0. The molecule has 0 N–H and O–H groups in total. The zero-order valence-corrected chi connectivity index (χ0v) is 7.73. The van der Waals surface area contributed by atoms with Crippen LogP contribution in [0.2, 0.25) is 0 Å². The Kier molecular flexibility index (Phi) is 3.16. The fourth-order valence-corrected chi connectivity index (χ4v) is 1.17. The van der Waals surface area contributed by atoms with E-state index in [1.165, 1.54) is 12.1 Å². The van der Waals surface area contributed by atoms with Gasteiger partial charge >= 0.3 is 6.18 Å². The summed E-state index contributed by atoms with van der Waals surface area (Å²) in [4.78, 5) is 0. The lowest BCUT2D eigenvalue weighted by Crippen LogP contribution is -2.14. The van der Waals surface area contributed by atoms with Gasteiger partial charge in [0.2, 0.25) is 0 Å².